The van der Waals surface area contributed by atoms with Gasteiger partial charge in [-0.25, -0.2) is 4.79 Å². The zero-order valence-electron chi connectivity index (χ0n) is 14.2. The zero-order chi connectivity index (χ0) is 16.7. The van der Waals surface area contributed by atoms with Gasteiger partial charge in [0.25, 0.3) is 0 Å². The summed E-state index contributed by atoms with van der Waals surface area (Å²) in [5.74, 6) is -0.183. The highest BCUT2D eigenvalue weighted by atomic mass is 28.3. The minimum Gasteiger partial charge on any atom is -0.480 e. The lowest BCUT2D eigenvalue weighted by atomic mass is 10.2. The Hall–Kier alpha value is -1.54. The molecular formula is C16H25NO3Si2. The molecule has 0 bridgehead atoms. The minimum absolute atomic E-state index is 0.688. The highest BCUT2D eigenvalue weighted by Crippen LogP contribution is 2.32. The summed E-state index contributed by atoms with van der Waals surface area (Å²) in [6.45, 7) is 12.8. The van der Waals surface area contributed by atoms with Crippen LogP contribution in [0, 0.1) is 0 Å². The standard InChI is InChI=1S/C16H25NO3Si2/c1-21(2,3)16(15(18)19)20-14-11-17(22(4,5)6)13-10-8-7-9-12(13)14/h7-11,16H,1-6H3,(H,18,19). The molecule has 22 heavy (non-hydrogen) atoms. The minimum atomic E-state index is -1.98. The van der Waals surface area contributed by atoms with E-state index in [2.05, 4.69) is 29.9 Å². The first kappa shape index (κ1) is 16.8. The molecule has 2 aromatic rings. The van der Waals surface area contributed by atoms with Gasteiger partial charge >= 0.3 is 5.97 Å². The first-order valence-electron chi connectivity index (χ1n) is 7.52. The third kappa shape index (κ3) is 3.28. The molecule has 0 radical (unpaired) electrons. The summed E-state index contributed by atoms with van der Waals surface area (Å²) in [6.07, 6.45) is 1.99. The van der Waals surface area contributed by atoms with Crippen molar-refractivity contribution in [1.29, 1.82) is 0 Å². The van der Waals surface area contributed by atoms with Gasteiger partial charge in [-0.15, -0.1) is 0 Å². The molecule has 0 aliphatic carbocycles. The summed E-state index contributed by atoms with van der Waals surface area (Å²) in [7, 11) is -3.58. The molecule has 0 saturated carbocycles. The number of para-hydroxylation sites is 1. The number of aliphatic carboxylic acids is 1. The summed E-state index contributed by atoms with van der Waals surface area (Å²) in [6, 6.07) is 8.05. The third-order valence-corrected chi connectivity index (χ3v) is 7.41. The lowest BCUT2D eigenvalue weighted by molar-refractivity contribution is -0.141. The van der Waals surface area contributed by atoms with E-state index in [9.17, 15) is 9.90 Å². The Kier molecular flexibility index (Phi) is 4.27. The Bertz CT molecular complexity index is 695. The Balaban J connectivity index is 2.55. The molecule has 0 aliphatic rings. The summed E-state index contributed by atoms with van der Waals surface area (Å²) in [5, 5.41) is 10.5. The van der Waals surface area contributed by atoms with Gasteiger partial charge in [-0.3, -0.25) is 0 Å². The monoisotopic (exact) mass is 335 g/mol. The van der Waals surface area contributed by atoms with Crippen molar-refractivity contribution < 1.29 is 14.6 Å². The number of benzene rings is 1. The highest BCUT2D eigenvalue weighted by molar-refractivity contribution is 6.80. The topological polar surface area (TPSA) is 51.5 Å². The van der Waals surface area contributed by atoms with Crippen molar-refractivity contribution in [3.8, 4) is 5.75 Å². The fraction of sp³-hybridized carbons (Fsp3) is 0.438. The summed E-state index contributed by atoms with van der Waals surface area (Å²) < 4.78 is 8.27. The Morgan fingerprint density at radius 1 is 1.14 bits per heavy atom. The molecule has 2 rings (SSSR count). The van der Waals surface area contributed by atoms with Gasteiger partial charge in [-0.2, -0.15) is 0 Å². The fourth-order valence-electron chi connectivity index (χ4n) is 2.52. The number of aromatic nitrogens is 1. The Labute approximate surface area is 133 Å². The Morgan fingerprint density at radius 2 is 1.73 bits per heavy atom. The number of ether oxygens (including phenoxy) is 1. The lowest BCUT2D eigenvalue weighted by Gasteiger charge is -2.25. The number of carboxylic acids is 1. The number of carbonyl (C=O) groups is 1. The van der Waals surface area contributed by atoms with Crippen LogP contribution in [0.25, 0.3) is 10.9 Å². The van der Waals surface area contributed by atoms with Crippen LogP contribution in [0.1, 0.15) is 0 Å². The molecule has 1 aromatic carbocycles. The molecule has 0 saturated heterocycles. The maximum Gasteiger partial charge on any atom is 0.340 e. The zero-order valence-corrected chi connectivity index (χ0v) is 16.2. The van der Waals surface area contributed by atoms with Crippen molar-refractivity contribution in [2.45, 2.75) is 45.0 Å². The SMILES string of the molecule is C[Si](C)(C)C(Oc1cn([Si](C)(C)C)c2ccccc12)C(=O)O. The van der Waals surface area contributed by atoms with Crippen molar-refractivity contribution in [1.82, 2.24) is 4.23 Å². The average molecular weight is 336 g/mol. The van der Waals surface area contributed by atoms with Crippen molar-refractivity contribution in [2.24, 2.45) is 0 Å². The van der Waals surface area contributed by atoms with Gasteiger partial charge in [0.1, 0.15) is 13.8 Å². The van der Waals surface area contributed by atoms with Crippen LogP contribution >= 0.6 is 0 Å². The van der Waals surface area contributed by atoms with Gasteiger partial charge in [0.2, 0.25) is 0 Å². The summed E-state index contributed by atoms with van der Waals surface area (Å²) in [4.78, 5) is 11.6. The van der Waals surface area contributed by atoms with Gasteiger partial charge in [0, 0.05) is 17.1 Å². The Morgan fingerprint density at radius 3 is 2.23 bits per heavy atom. The molecule has 1 N–H and O–H groups in total. The van der Waals surface area contributed by atoms with Crippen LogP contribution in [0.5, 0.6) is 5.75 Å². The van der Waals surface area contributed by atoms with E-state index in [0.29, 0.717) is 5.75 Å². The van der Waals surface area contributed by atoms with Gasteiger partial charge in [0.05, 0.1) is 0 Å². The number of fused-ring (bicyclic) bond motifs is 1. The number of hydrogen-bond acceptors (Lipinski definition) is 2. The first-order chi connectivity index (χ1) is 10.0. The van der Waals surface area contributed by atoms with E-state index in [1.54, 1.807) is 0 Å². The average Bonchev–Trinajstić information content (AvgIpc) is 2.73. The van der Waals surface area contributed by atoms with Gasteiger partial charge in [-0.05, 0) is 12.1 Å². The van der Waals surface area contributed by atoms with Crippen LogP contribution < -0.4 is 4.74 Å². The van der Waals surface area contributed by atoms with Crippen molar-refractivity contribution >= 4 is 33.2 Å². The maximum absolute atomic E-state index is 11.6. The predicted molar refractivity (Wildman–Crippen MR) is 96.1 cm³/mol. The number of nitrogens with zero attached hydrogens (tertiary/aromatic N) is 1. The van der Waals surface area contributed by atoms with Crippen LogP contribution in [0.15, 0.2) is 30.5 Å². The molecular weight excluding hydrogens is 310 g/mol. The maximum atomic E-state index is 11.6. The van der Waals surface area contributed by atoms with E-state index in [-0.39, 0.29) is 0 Å². The quantitative estimate of drug-likeness (QED) is 0.839. The van der Waals surface area contributed by atoms with Crippen molar-refractivity contribution in [3.05, 3.63) is 30.5 Å². The smallest absolute Gasteiger partial charge is 0.340 e. The predicted octanol–water partition coefficient (Wildman–Crippen LogP) is 4.03. The molecule has 4 nitrogen and oxygen atoms in total. The van der Waals surface area contributed by atoms with E-state index >= 15 is 0 Å². The molecule has 0 amide bonds. The molecule has 0 spiro atoms. The fourth-order valence-corrected chi connectivity index (χ4v) is 5.17. The molecule has 1 heterocycles. The summed E-state index contributed by atoms with van der Waals surface area (Å²) in [5.41, 5.74) is 0.379. The molecule has 0 fully saturated rings. The molecule has 0 aliphatic heterocycles. The molecule has 1 unspecified atom stereocenters. The normalized spacial score (nSPS) is 14.1. The van der Waals surface area contributed by atoms with Crippen molar-refractivity contribution in [3.63, 3.8) is 0 Å². The largest absolute Gasteiger partial charge is 0.480 e. The molecule has 120 valence electrons. The first-order valence-corrected chi connectivity index (χ1v) is 14.5. The number of hydrogen-bond donors (Lipinski definition) is 1. The van der Waals surface area contributed by atoms with Crippen LogP contribution in [0.4, 0.5) is 0 Å². The lowest BCUT2D eigenvalue weighted by Crippen LogP contribution is -2.48. The van der Waals surface area contributed by atoms with Crippen LogP contribution in [0.3, 0.4) is 0 Å². The van der Waals surface area contributed by atoms with E-state index in [1.165, 1.54) is 0 Å². The van der Waals surface area contributed by atoms with Gasteiger partial charge < -0.3 is 14.1 Å². The van der Waals surface area contributed by atoms with Crippen LogP contribution in [-0.2, 0) is 4.79 Å². The van der Waals surface area contributed by atoms with Gasteiger partial charge in [-0.1, -0.05) is 51.4 Å². The van der Waals surface area contributed by atoms with E-state index in [1.807, 2.05) is 44.0 Å². The molecule has 1 aromatic heterocycles. The van der Waals surface area contributed by atoms with Crippen molar-refractivity contribution in [2.75, 3.05) is 0 Å². The van der Waals surface area contributed by atoms with Crippen LogP contribution in [0.2, 0.25) is 39.3 Å². The molecule has 6 heteroatoms. The number of carboxylic acid groups (broad SMARTS) is 1. The van der Waals surface area contributed by atoms with Gasteiger partial charge in [0.15, 0.2) is 14.0 Å². The summed E-state index contributed by atoms with van der Waals surface area (Å²) >= 11 is 0. The van der Waals surface area contributed by atoms with E-state index in [0.717, 1.165) is 10.9 Å². The second-order valence-corrected chi connectivity index (χ2v) is 17.8. The highest BCUT2D eigenvalue weighted by Gasteiger charge is 2.36. The second kappa shape index (κ2) is 5.59. The number of rotatable bonds is 5. The van der Waals surface area contributed by atoms with E-state index < -0.39 is 28.0 Å². The van der Waals surface area contributed by atoms with Crippen LogP contribution in [-0.4, -0.2) is 37.3 Å². The molecule has 1 atom stereocenters. The van der Waals surface area contributed by atoms with E-state index in [4.69, 9.17) is 4.74 Å². The second-order valence-electron chi connectivity index (χ2n) is 7.75. The third-order valence-electron chi connectivity index (χ3n) is 3.65.